The number of hydrogen-bond acceptors (Lipinski definition) is 8. The van der Waals surface area contributed by atoms with Crippen LogP contribution < -0.4 is 0 Å². The summed E-state index contributed by atoms with van der Waals surface area (Å²) < 4.78 is 30.7. The summed E-state index contributed by atoms with van der Waals surface area (Å²) in [6.07, 6.45) is 4.10. The summed E-state index contributed by atoms with van der Waals surface area (Å²) in [4.78, 5) is 21.4. The topological polar surface area (TPSA) is 89.5 Å². The number of methoxy groups -OCH3 is 2. The van der Waals surface area contributed by atoms with Crippen LogP contribution in [0.2, 0.25) is 12.1 Å². The fraction of sp³-hybridized carbons (Fsp3) is 0.700. The molecule has 10 heteroatoms. The minimum absolute atomic E-state index is 0.00473. The Labute approximate surface area is 185 Å². The van der Waals surface area contributed by atoms with Crippen LogP contribution in [-0.4, -0.2) is 83.5 Å². The Balaban J connectivity index is 0. The molecule has 0 amide bonds. The highest BCUT2D eigenvalue weighted by atomic mass is 28.2. The van der Waals surface area contributed by atoms with Gasteiger partial charge in [-0.05, 0) is 26.7 Å². The van der Waals surface area contributed by atoms with E-state index in [1.807, 2.05) is 13.8 Å². The maximum absolute atomic E-state index is 10.7. The van der Waals surface area contributed by atoms with Gasteiger partial charge in [-0.2, -0.15) is 0 Å². The lowest BCUT2D eigenvalue weighted by atomic mass is 10.5. The molecule has 0 bridgehead atoms. The van der Waals surface area contributed by atoms with Gasteiger partial charge in [-0.25, -0.2) is 9.59 Å². The van der Waals surface area contributed by atoms with Crippen LogP contribution in [0, 0.1) is 0 Å². The third-order valence-corrected chi connectivity index (χ3v) is 7.62. The predicted molar refractivity (Wildman–Crippen MR) is 123 cm³/mol. The molecule has 0 N–H and O–H groups in total. The second-order valence-electron chi connectivity index (χ2n) is 5.98. The molecule has 0 aliphatic carbocycles. The molecule has 0 saturated heterocycles. The molecule has 0 atom stereocenters. The molecule has 0 spiro atoms. The van der Waals surface area contributed by atoms with Crippen molar-refractivity contribution >= 4 is 31.0 Å². The Morgan fingerprint density at radius 1 is 0.800 bits per heavy atom. The highest BCUT2D eigenvalue weighted by molar-refractivity contribution is 6.36. The highest BCUT2D eigenvalue weighted by Gasteiger charge is 2.08. The first kappa shape index (κ1) is 30.9. The minimum atomic E-state index is -0.409. The van der Waals surface area contributed by atoms with Crippen LogP contribution in [-0.2, 0) is 38.0 Å². The molecule has 176 valence electrons. The summed E-state index contributed by atoms with van der Waals surface area (Å²) in [6, 6.07) is 2.09. The van der Waals surface area contributed by atoms with Gasteiger partial charge in [-0.1, -0.05) is 25.2 Å². The van der Waals surface area contributed by atoms with Crippen LogP contribution in [0.3, 0.4) is 0 Å². The SMILES string of the molecule is C=CC(=O)OCCC[SiH2]C(OC)OC.C=CC(=O)OCCC[SiH2]C(OCC)OCC. The summed E-state index contributed by atoms with van der Waals surface area (Å²) in [5, 5.41) is 0. The molecule has 30 heavy (non-hydrogen) atoms. The number of carbonyl (C=O) groups excluding carboxylic acids is 2. The van der Waals surface area contributed by atoms with Crippen molar-refractivity contribution in [3.8, 4) is 0 Å². The van der Waals surface area contributed by atoms with Gasteiger partial charge in [0.05, 0.1) is 32.3 Å². The third kappa shape index (κ3) is 21.4. The van der Waals surface area contributed by atoms with Crippen molar-refractivity contribution in [2.45, 2.75) is 50.6 Å². The molecular weight excluding hydrogens is 424 g/mol. The zero-order chi connectivity index (χ0) is 23.0. The van der Waals surface area contributed by atoms with Gasteiger partial charge in [0, 0.05) is 39.6 Å². The normalized spacial score (nSPS) is 11.1. The smallest absolute Gasteiger partial charge is 0.330 e. The van der Waals surface area contributed by atoms with Crippen LogP contribution in [0.25, 0.3) is 0 Å². The fourth-order valence-corrected chi connectivity index (χ4v) is 5.14. The van der Waals surface area contributed by atoms with Gasteiger partial charge >= 0.3 is 11.9 Å². The lowest BCUT2D eigenvalue weighted by molar-refractivity contribution is -0.138. The lowest BCUT2D eigenvalue weighted by Crippen LogP contribution is -2.24. The van der Waals surface area contributed by atoms with Crippen molar-refractivity contribution in [2.24, 2.45) is 0 Å². The van der Waals surface area contributed by atoms with Crippen molar-refractivity contribution in [3.05, 3.63) is 25.3 Å². The monoisotopic (exact) mass is 464 g/mol. The number of esters is 2. The molecule has 0 aromatic rings. The van der Waals surface area contributed by atoms with Crippen LogP contribution >= 0.6 is 0 Å². The molecule has 0 aliphatic rings. The Morgan fingerprint density at radius 2 is 1.20 bits per heavy atom. The molecule has 0 radical (unpaired) electrons. The first-order chi connectivity index (χ1) is 14.5. The van der Waals surface area contributed by atoms with Crippen LogP contribution in [0.1, 0.15) is 26.7 Å². The van der Waals surface area contributed by atoms with E-state index in [9.17, 15) is 9.59 Å². The summed E-state index contributed by atoms with van der Waals surface area (Å²) in [5.41, 5.74) is 0. The molecular formula is C20H40O8Si2. The van der Waals surface area contributed by atoms with Crippen molar-refractivity contribution < 1.29 is 38.0 Å². The van der Waals surface area contributed by atoms with Gasteiger partial charge in [0.2, 0.25) is 0 Å². The van der Waals surface area contributed by atoms with Gasteiger partial charge < -0.3 is 28.4 Å². The molecule has 0 heterocycles. The molecule has 0 fully saturated rings. The van der Waals surface area contributed by atoms with Crippen molar-refractivity contribution in [3.63, 3.8) is 0 Å². The Kier molecular flexibility index (Phi) is 24.7. The van der Waals surface area contributed by atoms with Gasteiger partial charge in [-0.3, -0.25) is 0 Å². The van der Waals surface area contributed by atoms with Gasteiger partial charge in [0.15, 0.2) is 0 Å². The summed E-state index contributed by atoms with van der Waals surface area (Å²) in [6.45, 7) is 12.9. The summed E-state index contributed by atoms with van der Waals surface area (Å²) in [5.74, 6) is -0.732. The zero-order valence-corrected chi connectivity index (χ0v) is 21.9. The second-order valence-corrected chi connectivity index (χ2v) is 9.88. The van der Waals surface area contributed by atoms with E-state index in [4.69, 9.17) is 28.4 Å². The van der Waals surface area contributed by atoms with E-state index in [-0.39, 0.29) is 33.3 Å². The summed E-state index contributed by atoms with van der Waals surface area (Å²) in [7, 11) is 2.48. The maximum atomic E-state index is 10.7. The number of carbonyl (C=O) groups is 2. The van der Waals surface area contributed by atoms with Crippen LogP contribution in [0.5, 0.6) is 0 Å². The Hall–Kier alpha value is -1.31. The van der Waals surface area contributed by atoms with Crippen molar-refractivity contribution in [1.82, 2.24) is 0 Å². The van der Waals surface area contributed by atoms with Crippen molar-refractivity contribution in [2.75, 3.05) is 40.6 Å². The third-order valence-electron chi connectivity index (χ3n) is 3.72. The van der Waals surface area contributed by atoms with E-state index in [0.717, 1.165) is 24.9 Å². The van der Waals surface area contributed by atoms with Gasteiger partial charge in [-0.15, -0.1) is 0 Å². The Bertz CT molecular complexity index is 439. The zero-order valence-electron chi connectivity index (χ0n) is 19.1. The Morgan fingerprint density at radius 3 is 1.53 bits per heavy atom. The average molecular weight is 465 g/mol. The van der Waals surface area contributed by atoms with Crippen LogP contribution in [0.4, 0.5) is 0 Å². The molecule has 0 rings (SSSR count). The molecule has 0 aliphatic heterocycles. The van der Waals surface area contributed by atoms with E-state index in [2.05, 4.69) is 13.2 Å². The standard InChI is InChI=1S/C11H22O4Si.C9H18O4Si/c1-4-10(12)15-8-7-9-16-11(13-5-2)14-6-3;1-4-8(10)13-6-5-7-14-9(11-2)12-3/h4,11H,1,5-9,16H2,2-3H3;4,9H,1,5-7,14H2,2-3H3. The first-order valence-electron chi connectivity index (χ1n) is 10.4. The molecule has 0 saturated carbocycles. The van der Waals surface area contributed by atoms with E-state index in [1.165, 1.54) is 12.2 Å². The highest BCUT2D eigenvalue weighted by Crippen LogP contribution is 2.00. The van der Waals surface area contributed by atoms with Gasteiger partial charge in [0.25, 0.3) is 0 Å². The van der Waals surface area contributed by atoms with E-state index in [0.29, 0.717) is 26.4 Å². The number of ether oxygens (including phenoxy) is 6. The van der Waals surface area contributed by atoms with Gasteiger partial charge in [0.1, 0.15) is 11.8 Å². The minimum Gasteiger partial charge on any atom is -0.463 e. The second kappa shape index (κ2) is 24.0. The molecule has 0 aromatic heterocycles. The van der Waals surface area contributed by atoms with Crippen molar-refractivity contribution in [1.29, 1.82) is 0 Å². The molecule has 0 aromatic carbocycles. The van der Waals surface area contributed by atoms with Crippen LogP contribution in [0.15, 0.2) is 25.3 Å². The predicted octanol–water partition coefficient (Wildman–Crippen LogP) is 1.32. The van der Waals surface area contributed by atoms with E-state index < -0.39 is 9.52 Å². The lowest BCUT2D eigenvalue weighted by Gasteiger charge is -2.16. The fourth-order valence-electron chi connectivity index (χ4n) is 2.21. The number of rotatable bonds is 18. The average Bonchev–Trinajstić information content (AvgIpc) is 2.76. The van der Waals surface area contributed by atoms with E-state index >= 15 is 0 Å². The largest absolute Gasteiger partial charge is 0.463 e. The first-order valence-corrected chi connectivity index (χ1v) is 14.0. The molecule has 8 nitrogen and oxygen atoms in total. The quantitative estimate of drug-likeness (QED) is 0.0986. The maximum Gasteiger partial charge on any atom is 0.330 e. The molecule has 0 unspecified atom stereocenters. The summed E-state index contributed by atoms with van der Waals surface area (Å²) >= 11 is 0. The number of hydrogen-bond donors (Lipinski definition) is 0. The van der Waals surface area contributed by atoms with E-state index in [1.54, 1.807) is 14.2 Å².